The number of nitrogens with zero attached hydrogens (tertiary/aromatic N) is 2. The number of aromatic nitrogens is 2. The van der Waals surface area contributed by atoms with Gasteiger partial charge in [-0.3, -0.25) is 0 Å². The smallest absolute Gasteiger partial charge is 0.121 e. The molecular weight excluding hydrogens is 793 g/mol. The summed E-state index contributed by atoms with van der Waals surface area (Å²) in [6.07, 6.45) is 3.85. The minimum absolute atomic E-state index is 0. The Kier molecular flexibility index (Phi) is 10.7. The maximum Gasteiger partial charge on any atom is 0.121 e. The zero-order valence-electron chi connectivity index (χ0n) is 30.6. The van der Waals surface area contributed by atoms with Crippen LogP contribution in [0.15, 0.2) is 114 Å². The van der Waals surface area contributed by atoms with Gasteiger partial charge in [0.05, 0.1) is 13.7 Å². The van der Waals surface area contributed by atoms with Gasteiger partial charge in [-0.2, -0.15) is 0 Å². The normalized spacial score (nSPS) is 12.0. The van der Waals surface area contributed by atoms with E-state index in [9.17, 15) is 0 Å². The first-order valence-corrected chi connectivity index (χ1v) is 20.2. The Balaban J connectivity index is 0.000000204. The molecule has 0 aliphatic rings. The van der Waals surface area contributed by atoms with Gasteiger partial charge in [-0.05, 0) is 64.1 Å². The third-order valence-electron chi connectivity index (χ3n) is 8.83. The van der Waals surface area contributed by atoms with Crippen LogP contribution in [0.2, 0.25) is 19.6 Å². The molecule has 3 aromatic heterocycles. The van der Waals surface area contributed by atoms with Gasteiger partial charge in [0.2, 0.25) is 0 Å². The molecule has 0 aliphatic carbocycles. The number of hydrogen-bond donors (Lipinski definition) is 0. The number of furan rings is 1. The minimum atomic E-state index is -1.50. The second kappa shape index (κ2) is 15.2. The summed E-state index contributed by atoms with van der Waals surface area (Å²) in [4.78, 5) is 9.21. The molecule has 4 aromatic carbocycles. The quantitative estimate of drug-likeness (QED) is 0.124. The van der Waals surface area contributed by atoms with Crippen LogP contribution < -0.4 is 5.19 Å². The van der Waals surface area contributed by atoms with E-state index in [1.807, 2.05) is 56.6 Å². The van der Waals surface area contributed by atoms with Crippen molar-refractivity contribution >= 4 is 35.2 Å². The number of aryl methyl sites for hydroxylation is 1. The Labute approximate surface area is 307 Å². The van der Waals surface area contributed by atoms with E-state index in [0.29, 0.717) is 5.92 Å². The summed E-state index contributed by atoms with van der Waals surface area (Å²) < 4.78 is 14.8. The molecule has 0 saturated heterocycles. The first-order chi connectivity index (χ1) is 23.3. The average Bonchev–Trinajstić information content (AvgIpc) is 3.46. The van der Waals surface area contributed by atoms with Crippen molar-refractivity contribution in [3.63, 3.8) is 0 Å². The molecule has 251 valence electrons. The molecular formula is C44H44IrN2OSi-2. The summed E-state index contributed by atoms with van der Waals surface area (Å²) in [7, 11) is -1.50. The van der Waals surface area contributed by atoms with Crippen molar-refractivity contribution in [2.75, 3.05) is 0 Å². The molecule has 0 fully saturated rings. The van der Waals surface area contributed by atoms with Crippen molar-refractivity contribution in [3.8, 4) is 33.6 Å². The second-order valence-corrected chi connectivity index (χ2v) is 19.0. The van der Waals surface area contributed by atoms with Crippen LogP contribution in [0.25, 0.3) is 55.6 Å². The molecule has 5 heteroatoms. The molecule has 7 aromatic rings. The Morgan fingerprint density at radius 3 is 2.24 bits per heavy atom. The zero-order valence-corrected chi connectivity index (χ0v) is 33.0. The second-order valence-electron chi connectivity index (χ2n) is 14.0. The number of benzene rings is 4. The maximum absolute atomic E-state index is 8.44. The van der Waals surface area contributed by atoms with Crippen LogP contribution in [0, 0.1) is 19.1 Å². The predicted molar refractivity (Wildman–Crippen MR) is 206 cm³/mol. The fourth-order valence-corrected chi connectivity index (χ4v) is 7.69. The Morgan fingerprint density at radius 1 is 0.776 bits per heavy atom. The Hall–Kier alpha value is -4.15. The summed E-state index contributed by atoms with van der Waals surface area (Å²) in [6.45, 7) is 17.3. The predicted octanol–water partition coefficient (Wildman–Crippen LogP) is 11.8. The van der Waals surface area contributed by atoms with E-state index in [2.05, 4.69) is 129 Å². The van der Waals surface area contributed by atoms with Gasteiger partial charge in [-0.15, -0.1) is 54.1 Å². The van der Waals surface area contributed by atoms with Crippen LogP contribution in [0.3, 0.4) is 0 Å². The average molecular weight is 838 g/mol. The van der Waals surface area contributed by atoms with Gasteiger partial charge >= 0.3 is 0 Å². The van der Waals surface area contributed by atoms with E-state index >= 15 is 0 Å². The fraction of sp³-hybridized carbons (Fsp3) is 0.227. The van der Waals surface area contributed by atoms with Crippen molar-refractivity contribution in [2.24, 2.45) is 0 Å². The topological polar surface area (TPSA) is 38.9 Å². The SMILES string of the molecule is Cc1ccccc1-c1ccc2c(c1)oc1c(-c3cc(C(C)C)ccn3)[c-]ccc12.[2H]C(C)(C)c1cc(-c2[c-]cccc2)ncc1[Si](C)(C)C.[Ir]. The van der Waals surface area contributed by atoms with E-state index in [0.717, 1.165) is 50.0 Å². The molecule has 0 bridgehead atoms. The van der Waals surface area contributed by atoms with Gasteiger partial charge in [0.15, 0.2) is 0 Å². The largest absolute Gasteiger partial charge is 0.501 e. The third-order valence-corrected chi connectivity index (χ3v) is 10.8. The van der Waals surface area contributed by atoms with Gasteiger partial charge in [0.1, 0.15) is 5.58 Å². The summed E-state index contributed by atoms with van der Waals surface area (Å²) in [6, 6.07) is 39.6. The van der Waals surface area contributed by atoms with Crippen molar-refractivity contribution < 1.29 is 25.9 Å². The number of fused-ring (bicyclic) bond motifs is 3. The third kappa shape index (κ3) is 7.86. The van der Waals surface area contributed by atoms with Crippen molar-refractivity contribution in [1.82, 2.24) is 9.97 Å². The summed E-state index contributed by atoms with van der Waals surface area (Å²) in [5.74, 6) is -0.162. The van der Waals surface area contributed by atoms with Gasteiger partial charge in [-0.25, -0.2) is 0 Å². The van der Waals surface area contributed by atoms with Gasteiger partial charge in [0, 0.05) is 39.3 Å². The standard InChI is InChI=1S/C27H22NO.C17H22NSi.Ir/c1-17(2)19-13-14-28-25(15-19)24-10-6-9-23-22-12-11-20(16-26(22)29-27(23)24)21-8-5-4-7-18(21)3;1-13(2)15-11-16(14-9-7-6-8-10-14)18-12-17(15)19(3,4)5;/h4-9,11-17H,1-3H3;6-9,11-13H,1-5H3;/q2*-1;/i;13D;. The molecule has 3 heterocycles. The molecule has 0 saturated carbocycles. The van der Waals surface area contributed by atoms with Gasteiger partial charge in [-0.1, -0.05) is 118 Å². The molecule has 3 nitrogen and oxygen atoms in total. The first kappa shape index (κ1) is 34.7. The minimum Gasteiger partial charge on any atom is -0.501 e. The van der Waals surface area contributed by atoms with Crippen LogP contribution in [0.5, 0.6) is 0 Å². The van der Waals surface area contributed by atoms with E-state index in [-0.39, 0.29) is 20.1 Å². The Morgan fingerprint density at radius 2 is 1.55 bits per heavy atom. The van der Waals surface area contributed by atoms with Gasteiger partial charge in [0.25, 0.3) is 0 Å². The van der Waals surface area contributed by atoms with Crippen LogP contribution in [-0.4, -0.2) is 18.0 Å². The van der Waals surface area contributed by atoms with Crippen LogP contribution in [-0.2, 0) is 20.1 Å². The van der Waals surface area contributed by atoms with Gasteiger partial charge < -0.3 is 14.4 Å². The van der Waals surface area contributed by atoms with Crippen molar-refractivity contribution in [3.05, 3.63) is 138 Å². The van der Waals surface area contributed by atoms with Crippen LogP contribution in [0.4, 0.5) is 0 Å². The Bertz CT molecular complexity index is 2250. The van der Waals surface area contributed by atoms with Crippen molar-refractivity contribution in [1.29, 1.82) is 0 Å². The van der Waals surface area contributed by atoms with E-state index in [1.54, 1.807) is 0 Å². The number of pyridine rings is 2. The molecule has 0 aliphatic heterocycles. The number of hydrogen-bond acceptors (Lipinski definition) is 3. The fourth-order valence-electron chi connectivity index (χ4n) is 6.11. The van der Waals surface area contributed by atoms with Crippen LogP contribution >= 0.6 is 0 Å². The van der Waals surface area contributed by atoms with Crippen LogP contribution in [0.1, 0.15) is 57.6 Å². The molecule has 0 N–H and O–H groups in total. The van der Waals surface area contributed by atoms with E-state index in [1.165, 1.54) is 27.4 Å². The summed E-state index contributed by atoms with van der Waals surface area (Å²) >= 11 is 0. The zero-order chi connectivity index (χ0) is 34.9. The molecule has 49 heavy (non-hydrogen) atoms. The first-order valence-electron chi connectivity index (χ1n) is 17.2. The molecule has 0 unspecified atom stereocenters. The molecule has 7 rings (SSSR count). The monoisotopic (exact) mass is 838 g/mol. The molecule has 1 radical (unpaired) electrons. The maximum atomic E-state index is 8.44. The van der Waals surface area contributed by atoms with Crippen molar-refractivity contribution in [2.45, 2.75) is 66.1 Å². The molecule has 0 atom stereocenters. The number of rotatable bonds is 6. The van der Waals surface area contributed by atoms with E-state index < -0.39 is 14.0 Å². The summed E-state index contributed by atoms with van der Waals surface area (Å²) in [5, 5.41) is 3.49. The summed E-state index contributed by atoms with van der Waals surface area (Å²) in [5.41, 5.74) is 11.5. The van der Waals surface area contributed by atoms with E-state index in [4.69, 9.17) is 5.79 Å². The molecule has 0 amide bonds. The molecule has 0 spiro atoms.